The van der Waals surface area contributed by atoms with E-state index in [0.29, 0.717) is 30.3 Å². The predicted molar refractivity (Wildman–Crippen MR) is 108 cm³/mol. The summed E-state index contributed by atoms with van der Waals surface area (Å²) in [5.74, 6) is -1.13. The summed E-state index contributed by atoms with van der Waals surface area (Å²) in [6.07, 6.45) is 1.50. The molecule has 2 aromatic rings. The van der Waals surface area contributed by atoms with Crippen molar-refractivity contribution in [2.75, 3.05) is 25.1 Å². The number of nitrogens with one attached hydrogen (secondary N) is 2. The van der Waals surface area contributed by atoms with Gasteiger partial charge in [0.05, 0.1) is 17.9 Å². The highest BCUT2D eigenvalue weighted by Crippen LogP contribution is 2.17. The number of rotatable bonds is 9. The summed E-state index contributed by atoms with van der Waals surface area (Å²) < 4.78 is 10.3. The molecule has 0 aliphatic rings. The van der Waals surface area contributed by atoms with Gasteiger partial charge in [0.25, 0.3) is 11.8 Å². The fourth-order valence-corrected chi connectivity index (χ4v) is 2.38. The number of aromatic nitrogens is 1. The number of hydrogen-bond acceptors (Lipinski definition) is 6. The topological polar surface area (TPSA) is 107 Å². The number of nitrogens with zero attached hydrogens (tertiary/aromatic N) is 1. The van der Waals surface area contributed by atoms with Crippen molar-refractivity contribution in [3.8, 4) is 5.88 Å². The van der Waals surface area contributed by atoms with Crippen molar-refractivity contribution in [1.29, 1.82) is 0 Å². The van der Waals surface area contributed by atoms with Gasteiger partial charge in [-0.3, -0.25) is 9.59 Å². The van der Waals surface area contributed by atoms with Crippen LogP contribution >= 0.6 is 0 Å². The normalized spacial score (nSPS) is 10.3. The predicted octanol–water partition coefficient (Wildman–Crippen LogP) is 2.66. The smallest absolute Gasteiger partial charge is 0.344 e. The van der Waals surface area contributed by atoms with E-state index >= 15 is 0 Å². The van der Waals surface area contributed by atoms with Crippen LogP contribution in [0.15, 0.2) is 42.6 Å². The van der Waals surface area contributed by atoms with Crippen LogP contribution in [0.2, 0.25) is 0 Å². The second-order valence-electron chi connectivity index (χ2n) is 6.56. The zero-order valence-corrected chi connectivity index (χ0v) is 16.7. The van der Waals surface area contributed by atoms with E-state index in [1.807, 2.05) is 13.8 Å². The third-order valence-electron chi connectivity index (χ3n) is 3.72. The van der Waals surface area contributed by atoms with E-state index in [2.05, 4.69) is 15.6 Å². The molecule has 2 amide bonds. The summed E-state index contributed by atoms with van der Waals surface area (Å²) in [6, 6.07) is 9.71. The van der Waals surface area contributed by atoms with Crippen molar-refractivity contribution in [3.63, 3.8) is 0 Å². The van der Waals surface area contributed by atoms with E-state index in [4.69, 9.17) is 9.47 Å². The highest BCUT2D eigenvalue weighted by molar-refractivity contribution is 6.04. The molecule has 1 aromatic heterocycles. The first-order chi connectivity index (χ1) is 13.9. The Hall–Kier alpha value is -3.42. The molecule has 0 aliphatic carbocycles. The number of carbonyl (C=O) groups excluding carboxylic acids is 3. The van der Waals surface area contributed by atoms with Crippen molar-refractivity contribution in [2.24, 2.45) is 5.92 Å². The van der Waals surface area contributed by atoms with Crippen LogP contribution in [0.25, 0.3) is 0 Å². The van der Waals surface area contributed by atoms with Crippen LogP contribution in [-0.2, 0) is 9.53 Å². The molecule has 1 aromatic carbocycles. The van der Waals surface area contributed by atoms with Gasteiger partial charge in [-0.2, -0.15) is 0 Å². The molecule has 0 atom stereocenters. The van der Waals surface area contributed by atoms with Crippen LogP contribution in [0.3, 0.4) is 0 Å². The molecular formula is C21H25N3O5. The molecule has 1 heterocycles. The SMILES string of the molecule is CCOc1ncccc1C(=O)OCC(=O)Nc1ccccc1C(=O)NCC(C)C. The Labute approximate surface area is 169 Å². The lowest BCUT2D eigenvalue weighted by Crippen LogP contribution is -2.29. The largest absolute Gasteiger partial charge is 0.477 e. The summed E-state index contributed by atoms with van der Waals surface area (Å²) in [5, 5.41) is 5.41. The maximum atomic E-state index is 12.3. The summed E-state index contributed by atoms with van der Waals surface area (Å²) in [4.78, 5) is 40.8. The zero-order chi connectivity index (χ0) is 21.2. The van der Waals surface area contributed by atoms with Crippen LogP contribution in [-0.4, -0.2) is 42.5 Å². The molecule has 154 valence electrons. The number of benzene rings is 1. The Morgan fingerprint density at radius 2 is 1.79 bits per heavy atom. The lowest BCUT2D eigenvalue weighted by molar-refractivity contribution is -0.119. The third-order valence-corrected chi connectivity index (χ3v) is 3.72. The molecule has 0 spiro atoms. The van der Waals surface area contributed by atoms with E-state index in [1.54, 1.807) is 37.3 Å². The van der Waals surface area contributed by atoms with Crippen molar-refractivity contribution < 1.29 is 23.9 Å². The number of hydrogen-bond donors (Lipinski definition) is 2. The molecule has 8 nitrogen and oxygen atoms in total. The summed E-state index contributed by atoms with van der Waals surface area (Å²) in [5.41, 5.74) is 0.806. The summed E-state index contributed by atoms with van der Waals surface area (Å²) in [7, 11) is 0. The van der Waals surface area contributed by atoms with Gasteiger partial charge in [0.2, 0.25) is 5.88 Å². The fraction of sp³-hybridized carbons (Fsp3) is 0.333. The molecule has 29 heavy (non-hydrogen) atoms. The van der Waals surface area contributed by atoms with Gasteiger partial charge < -0.3 is 20.1 Å². The molecule has 0 saturated carbocycles. The lowest BCUT2D eigenvalue weighted by Gasteiger charge is -2.13. The van der Waals surface area contributed by atoms with Crippen LogP contribution in [0, 0.1) is 5.92 Å². The molecule has 2 N–H and O–H groups in total. The molecule has 0 aliphatic heterocycles. The summed E-state index contributed by atoms with van der Waals surface area (Å²) >= 11 is 0. The van der Waals surface area contributed by atoms with E-state index < -0.39 is 18.5 Å². The average molecular weight is 399 g/mol. The first-order valence-corrected chi connectivity index (χ1v) is 9.34. The molecule has 0 unspecified atom stereocenters. The van der Waals surface area contributed by atoms with Crippen molar-refractivity contribution in [2.45, 2.75) is 20.8 Å². The molecule has 2 rings (SSSR count). The minimum atomic E-state index is -0.723. The van der Waals surface area contributed by atoms with E-state index in [0.717, 1.165) is 0 Å². The second kappa shape index (κ2) is 10.8. The van der Waals surface area contributed by atoms with Gasteiger partial charge in [-0.15, -0.1) is 0 Å². The molecule has 0 radical (unpaired) electrons. The van der Waals surface area contributed by atoms with Gasteiger partial charge in [0, 0.05) is 12.7 Å². The Balaban J connectivity index is 1.98. The van der Waals surface area contributed by atoms with Crippen molar-refractivity contribution in [3.05, 3.63) is 53.7 Å². The Kier molecular flexibility index (Phi) is 8.14. The Morgan fingerprint density at radius 3 is 2.52 bits per heavy atom. The van der Waals surface area contributed by atoms with Gasteiger partial charge >= 0.3 is 5.97 Å². The van der Waals surface area contributed by atoms with Crippen molar-refractivity contribution in [1.82, 2.24) is 10.3 Å². The number of para-hydroxylation sites is 1. The zero-order valence-electron chi connectivity index (χ0n) is 16.7. The molecule has 8 heteroatoms. The first-order valence-electron chi connectivity index (χ1n) is 9.34. The molecule has 0 bridgehead atoms. The van der Waals surface area contributed by atoms with Crippen LogP contribution < -0.4 is 15.4 Å². The van der Waals surface area contributed by atoms with E-state index in [-0.39, 0.29) is 17.4 Å². The minimum absolute atomic E-state index is 0.135. The van der Waals surface area contributed by atoms with E-state index in [1.165, 1.54) is 12.3 Å². The van der Waals surface area contributed by atoms with Gasteiger partial charge in [0.1, 0.15) is 5.56 Å². The third kappa shape index (κ3) is 6.60. The van der Waals surface area contributed by atoms with Crippen molar-refractivity contribution >= 4 is 23.5 Å². The highest BCUT2D eigenvalue weighted by Gasteiger charge is 2.18. The highest BCUT2D eigenvalue weighted by atomic mass is 16.5. The summed E-state index contributed by atoms with van der Waals surface area (Å²) in [6.45, 7) is 6.09. The number of ether oxygens (including phenoxy) is 2. The van der Waals surface area contributed by atoms with E-state index in [9.17, 15) is 14.4 Å². The van der Waals surface area contributed by atoms with Gasteiger partial charge in [-0.25, -0.2) is 9.78 Å². The first kappa shape index (κ1) is 21.9. The molecule has 0 fully saturated rings. The van der Waals surface area contributed by atoms with Gasteiger partial charge in [0.15, 0.2) is 6.61 Å². The monoisotopic (exact) mass is 399 g/mol. The maximum Gasteiger partial charge on any atom is 0.344 e. The quantitative estimate of drug-likeness (QED) is 0.628. The standard InChI is InChI=1S/C21H25N3O5/c1-4-28-20-16(9-7-11-22-20)21(27)29-13-18(25)24-17-10-6-5-8-15(17)19(26)23-12-14(2)3/h5-11,14H,4,12-13H2,1-3H3,(H,23,26)(H,24,25). The lowest BCUT2D eigenvalue weighted by atomic mass is 10.1. The van der Waals surface area contributed by atoms with Crippen LogP contribution in [0.1, 0.15) is 41.5 Å². The second-order valence-corrected chi connectivity index (χ2v) is 6.56. The van der Waals surface area contributed by atoms with Gasteiger partial charge in [-0.05, 0) is 37.1 Å². The number of amides is 2. The van der Waals surface area contributed by atoms with Crippen LogP contribution in [0.4, 0.5) is 5.69 Å². The minimum Gasteiger partial charge on any atom is -0.477 e. The molecule has 0 saturated heterocycles. The Morgan fingerprint density at radius 1 is 1.07 bits per heavy atom. The number of esters is 1. The Bertz CT molecular complexity index is 867. The number of carbonyl (C=O) groups is 3. The average Bonchev–Trinajstić information content (AvgIpc) is 2.71. The molecular weight excluding hydrogens is 374 g/mol. The number of anilines is 1. The van der Waals surface area contributed by atoms with Gasteiger partial charge in [-0.1, -0.05) is 26.0 Å². The fourth-order valence-electron chi connectivity index (χ4n) is 2.38. The number of pyridine rings is 1. The van der Waals surface area contributed by atoms with Crippen LogP contribution in [0.5, 0.6) is 5.88 Å². The maximum absolute atomic E-state index is 12.3.